The standard InChI is InChI=1S/C20H16F2N4O2/c1-11-9-17(19(28)24-14-6-3-5-13(10-14)12(2)27)25-20(23-11)26-18-15(21)7-4-8-16(18)22/h3-10H,1-2H3,(H,24,28)(H,23,25,26). The average Bonchev–Trinajstić information content (AvgIpc) is 2.64. The molecule has 0 spiro atoms. The van der Waals surface area contributed by atoms with E-state index in [0.717, 1.165) is 12.1 Å². The quantitative estimate of drug-likeness (QED) is 0.644. The zero-order chi connectivity index (χ0) is 20.3. The lowest BCUT2D eigenvalue weighted by Crippen LogP contribution is -2.16. The number of nitrogens with zero attached hydrogens (tertiary/aromatic N) is 2. The second-order valence-corrected chi connectivity index (χ2v) is 6.03. The van der Waals surface area contributed by atoms with Crippen LogP contribution in [0.25, 0.3) is 0 Å². The van der Waals surface area contributed by atoms with E-state index in [1.807, 2.05) is 0 Å². The first-order valence-electron chi connectivity index (χ1n) is 8.32. The Morgan fingerprint density at radius 2 is 1.64 bits per heavy atom. The van der Waals surface area contributed by atoms with E-state index >= 15 is 0 Å². The van der Waals surface area contributed by atoms with Crippen LogP contribution >= 0.6 is 0 Å². The van der Waals surface area contributed by atoms with Crippen LogP contribution in [-0.2, 0) is 0 Å². The molecule has 28 heavy (non-hydrogen) atoms. The van der Waals surface area contributed by atoms with Gasteiger partial charge in [0.15, 0.2) is 5.78 Å². The van der Waals surface area contributed by atoms with Crippen LogP contribution in [0.4, 0.5) is 26.1 Å². The van der Waals surface area contributed by atoms with Crippen LogP contribution in [-0.4, -0.2) is 21.7 Å². The van der Waals surface area contributed by atoms with Crippen molar-refractivity contribution in [1.29, 1.82) is 0 Å². The summed E-state index contributed by atoms with van der Waals surface area (Å²) in [6, 6.07) is 11.3. The summed E-state index contributed by atoms with van der Waals surface area (Å²) in [5, 5.41) is 5.10. The number of amides is 1. The third kappa shape index (κ3) is 4.35. The molecule has 1 aromatic heterocycles. The van der Waals surface area contributed by atoms with Gasteiger partial charge in [0.25, 0.3) is 5.91 Å². The van der Waals surface area contributed by atoms with Crippen molar-refractivity contribution < 1.29 is 18.4 Å². The fourth-order valence-electron chi connectivity index (χ4n) is 2.48. The molecular weight excluding hydrogens is 366 g/mol. The Morgan fingerprint density at radius 3 is 2.32 bits per heavy atom. The summed E-state index contributed by atoms with van der Waals surface area (Å²) >= 11 is 0. The van der Waals surface area contributed by atoms with E-state index in [9.17, 15) is 18.4 Å². The molecule has 0 fully saturated rings. The highest BCUT2D eigenvalue weighted by molar-refractivity contribution is 6.04. The summed E-state index contributed by atoms with van der Waals surface area (Å²) in [6.45, 7) is 3.05. The van der Waals surface area contributed by atoms with Crippen molar-refractivity contribution in [2.45, 2.75) is 13.8 Å². The van der Waals surface area contributed by atoms with Crippen LogP contribution in [0.1, 0.15) is 33.5 Å². The first kappa shape index (κ1) is 19.1. The Balaban J connectivity index is 1.86. The second kappa shape index (κ2) is 7.91. The molecule has 3 rings (SSSR count). The zero-order valence-corrected chi connectivity index (χ0v) is 15.1. The summed E-state index contributed by atoms with van der Waals surface area (Å²) in [7, 11) is 0. The first-order valence-corrected chi connectivity index (χ1v) is 8.32. The second-order valence-electron chi connectivity index (χ2n) is 6.03. The average molecular weight is 382 g/mol. The van der Waals surface area contributed by atoms with E-state index in [1.165, 1.54) is 19.1 Å². The minimum atomic E-state index is -0.808. The lowest BCUT2D eigenvalue weighted by molar-refractivity contribution is 0.100. The maximum absolute atomic E-state index is 13.8. The molecule has 2 aromatic carbocycles. The van der Waals surface area contributed by atoms with E-state index in [1.54, 1.807) is 31.2 Å². The molecule has 2 N–H and O–H groups in total. The number of hydrogen-bond acceptors (Lipinski definition) is 5. The topological polar surface area (TPSA) is 84.0 Å². The Labute approximate surface area is 159 Å². The van der Waals surface area contributed by atoms with Crippen LogP contribution in [0.15, 0.2) is 48.5 Å². The molecule has 6 nitrogen and oxygen atoms in total. The highest BCUT2D eigenvalue weighted by Crippen LogP contribution is 2.22. The molecule has 0 bridgehead atoms. The SMILES string of the molecule is CC(=O)c1cccc(NC(=O)c2cc(C)nc(Nc3c(F)cccc3F)n2)c1. The summed E-state index contributed by atoms with van der Waals surface area (Å²) in [6.07, 6.45) is 0. The molecule has 0 saturated carbocycles. The number of aromatic nitrogens is 2. The van der Waals surface area contributed by atoms with Gasteiger partial charge in [-0.05, 0) is 44.2 Å². The third-order valence-corrected chi connectivity index (χ3v) is 3.81. The maximum Gasteiger partial charge on any atom is 0.274 e. The Morgan fingerprint density at radius 1 is 0.964 bits per heavy atom. The molecule has 0 aliphatic rings. The van der Waals surface area contributed by atoms with Gasteiger partial charge in [0.1, 0.15) is 23.0 Å². The van der Waals surface area contributed by atoms with E-state index in [2.05, 4.69) is 20.6 Å². The fourth-order valence-corrected chi connectivity index (χ4v) is 2.48. The van der Waals surface area contributed by atoms with Crippen molar-refractivity contribution in [3.63, 3.8) is 0 Å². The molecule has 0 saturated heterocycles. The minimum absolute atomic E-state index is 0.0000227. The monoisotopic (exact) mass is 382 g/mol. The van der Waals surface area contributed by atoms with Gasteiger partial charge in [0.2, 0.25) is 5.95 Å². The van der Waals surface area contributed by atoms with Crippen LogP contribution in [0.3, 0.4) is 0 Å². The van der Waals surface area contributed by atoms with Crippen molar-refractivity contribution in [2.24, 2.45) is 0 Å². The van der Waals surface area contributed by atoms with Crippen molar-refractivity contribution >= 4 is 29.0 Å². The van der Waals surface area contributed by atoms with Gasteiger partial charge in [-0.3, -0.25) is 9.59 Å². The minimum Gasteiger partial charge on any atom is -0.321 e. The summed E-state index contributed by atoms with van der Waals surface area (Å²) in [4.78, 5) is 32.1. The summed E-state index contributed by atoms with van der Waals surface area (Å²) in [5.74, 6) is -2.42. The van der Waals surface area contributed by atoms with Crippen LogP contribution in [0.2, 0.25) is 0 Å². The van der Waals surface area contributed by atoms with Crippen LogP contribution < -0.4 is 10.6 Å². The Hall–Kier alpha value is -3.68. The maximum atomic E-state index is 13.8. The van der Waals surface area contributed by atoms with Crippen LogP contribution in [0.5, 0.6) is 0 Å². The Kier molecular flexibility index (Phi) is 5.39. The van der Waals surface area contributed by atoms with Gasteiger partial charge in [0.05, 0.1) is 0 Å². The molecule has 0 atom stereocenters. The molecule has 142 valence electrons. The number of aryl methyl sites for hydroxylation is 1. The molecule has 0 radical (unpaired) electrons. The third-order valence-electron chi connectivity index (χ3n) is 3.81. The largest absolute Gasteiger partial charge is 0.321 e. The predicted octanol–water partition coefficient (Wildman–Crippen LogP) is 4.26. The molecular formula is C20H16F2N4O2. The number of halogens is 2. The van der Waals surface area contributed by atoms with Gasteiger partial charge in [-0.25, -0.2) is 18.7 Å². The van der Waals surface area contributed by atoms with Crippen LogP contribution in [0, 0.1) is 18.6 Å². The lowest BCUT2D eigenvalue weighted by atomic mass is 10.1. The number of para-hydroxylation sites is 1. The number of carbonyl (C=O) groups is 2. The van der Waals surface area contributed by atoms with Crippen molar-refractivity contribution in [2.75, 3.05) is 10.6 Å². The normalized spacial score (nSPS) is 10.4. The number of benzene rings is 2. The number of carbonyl (C=O) groups excluding carboxylic acids is 2. The first-order chi connectivity index (χ1) is 13.3. The smallest absolute Gasteiger partial charge is 0.274 e. The number of hydrogen-bond donors (Lipinski definition) is 2. The van der Waals surface area contributed by atoms with E-state index in [-0.39, 0.29) is 17.4 Å². The number of anilines is 3. The van der Waals surface area contributed by atoms with E-state index < -0.39 is 23.2 Å². The van der Waals surface area contributed by atoms with Gasteiger partial charge in [-0.1, -0.05) is 18.2 Å². The lowest BCUT2D eigenvalue weighted by Gasteiger charge is -2.10. The van der Waals surface area contributed by atoms with Gasteiger partial charge < -0.3 is 10.6 Å². The number of ketones is 1. The molecule has 8 heteroatoms. The van der Waals surface area contributed by atoms with Crippen molar-refractivity contribution in [3.05, 3.63) is 77.1 Å². The zero-order valence-electron chi connectivity index (χ0n) is 15.1. The Bertz CT molecular complexity index is 1050. The predicted molar refractivity (Wildman–Crippen MR) is 101 cm³/mol. The van der Waals surface area contributed by atoms with Crippen molar-refractivity contribution in [1.82, 2.24) is 9.97 Å². The van der Waals surface area contributed by atoms with Gasteiger partial charge in [-0.2, -0.15) is 0 Å². The molecule has 3 aromatic rings. The summed E-state index contributed by atoms with van der Waals surface area (Å²) in [5.41, 5.74) is 0.892. The van der Waals surface area contributed by atoms with Gasteiger partial charge in [0, 0.05) is 16.9 Å². The number of nitrogens with one attached hydrogen (secondary N) is 2. The van der Waals surface area contributed by atoms with Gasteiger partial charge >= 0.3 is 0 Å². The molecule has 0 aliphatic heterocycles. The van der Waals surface area contributed by atoms with Gasteiger partial charge in [-0.15, -0.1) is 0 Å². The number of Topliss-reactive ketones (excluding diaryl/α,β-unsaturated/α-hetero) is 1. The summed E-state index contributed by atoms with van der Waals surface area (Å²) < 4.78 is 27.6. The highest BCUT2D eigenvalue weighted by atomic mass is 19.1. The molecule has 0 unspecified atom stereocenters. The number of rotatable bonds is 5. The fraction of sp³-hybridized carbons (Fsp3) is 0.100. The van der Waals surface area contributed by atoms with Crippen molar-refractivity contribution in [3.8, 4) is 0 Å². The van der Waals surface area contributed by atoms with E-state index in [4.69, 9.17) is 0 Å². The molecule has 0 aliphatic carbocycles. The van der Waals surface area contributed by atoms with E-state index in [0.29, 0.717) is 16.9 Å². The molecule has 1 amide bonds. The highest BCUT2D eigenvalue weighted by Gasteiger charge is 2.14. The molecule has 1 heterocycles.